The van der Waals surface area contributed by atoms with E-state index in [4.69, 9.17) is 9.26 Å². The summed E-state index contributed by atoms with van der Waals surface area (Å²) in [6.45, 7) is 6.19. The molecule has 0 bridgehead atoms. The topological polar surface area (TPSA) is 75.8 Å². The molecule has 2 aromatic carbocycles. The maximum absolute atomic E-state index is 13.4. The highest BCUT2D eigenvalue weighted by molar-refractivity contribution is 5.76. The van der Waals surface area contributed by atoms with Crippen LogP contribution in [0.25, 0.3) is 11.3 Å². The molecule has 3 aromatic rings. The van der Waals surface area contributed by atoms with Gasteiger partial charge in [0.15, 0.2) is 11.4 Å². The number of fused-ring (bicyclic) bond motifs is 1. The quantitative estimate of drug-likeness (QED) is 0.505. The number of carbonyl (C=O) groups is 1. The number of benzene rings is 2. The first kappa shape index (κ1) is 23.9. The second-order valence-electron chi connectivity index (χ2n) is 9.27. The van der Waals surface area contributed by atoms with E-state index in [1.165, 1.54) is 31.5 Å². The van der Waals surface area contributed by atoms with Gasteiger partial charge in [-0.15, -0.1) is 0 Å². The SMILES string of the molecule is CC(C)(Oc1ccc2c(c1)CCN(Cc1cc(-c3ccc(C(C)(F)F)cc3)on1)CC2)C(=O)O. The lowest BCUT2D eigenvalue weighted by Gasteiger charge is -2.22. The van der Waals surface area contributed by atoms with E-state index in [0.717, 1.165) is 44.1 Å². The molecule has 0 amide bonds. The molecule has 0 aliphatic carbocycles. The molecule has 4 rings (SSSR count). The molecule has 0 unspecified atom stereocenters. The number of carboxylic acid groups (broad SMARTS) is 1. The van der Waals surface area contributed by atoms with E-state index >= 15 is 0 Å². The molecule has 180 valence electrons. The van der Waals surface area contributed by atoms with Crippen LogP contribution in [0.2, 0.25) is 0 Å². The number of rotatable bonds is 7. The molecule has 1 aliphatic rings. The smallest absolute Gasteiger partial charge is 0.347 e. The lowest BCUT2D eigenvalue weighted by molar-refractivity contribution is -0.152. The fraction of sp³-hybridized carbons (Fsp3) is 0.385. The van der Waals surface area contributed by atoms with Crippen molar-refractivity contribution in [2.75, 3.05) is 13.1 Å². The molecule has 0 saturated heterocycles. The second-order valence-corrected chi connectivity index (χ2v) is 9.27. The molecule has 34 heavy (non-hydrogen) atoms. The summed E-state index contributed by atoms with van der Waals surface area (Å²) in [5.74, 6) is -2.80. The van der Waals surface area contributed by atoms with Crippen LogP contribution in [0.15, 0.2) is 53.1 Å². The first-order valence-electron chi connectivity index (χ1n) is 11.2. The third-order valence-corrected chi connectivity index (χ3v) is 6.08. The third-order valence-electron chi connectivity index (χ3n) is 6.08. The summed E-state index contributed by atoms with van der Waals surface area (Å²) in [5, 5.41) is 13.5. The Morgan fingerprint density at radius 2 is 1.74 bits per heavy atom. The highest BCUT2D eigenvalue weighted by Gasteiger charge is 2.30. The van der Waals surface area contributed by atoms with Crippen molar-refractivity contribution in [1.82, 2.24) is 10.1 Å². The zero-order chi connectivity index (χ0) is 24.5. The van der Waals surface area contributed by atoms with Crippen molar-refractivity contribution >= 4 is 5.97 Å². The largest absolute Gasteiger partial charge is 0.478 e. The molecule has 2 heterocycles. The van der Waals surface area contributed by atoms with Gasteiger partial charge in [0.25, 0.3) is 5.92 Å². The Morgan fingerprint density at radius 3 is 2.38 bits per heavy atom. The summed E-state index contributed by atoms with van der Waals surface area (Å²) in [4.78, 5) is 13.6. The van der Waals surface area contributed by atoms with Crippen molar-refractivity contribution in [2.24, 2.45) is 0 Å². The highest BCUT2D eigenvalue weighted by Crippen LogP contribution is 2.30. The van der Waals surface area contributed by atoms with Crippen LogP contribution in [-0.2, 0) is 30.1 Å². The molecule has 1 aliphatic heterocycles. The Labute approximate surface area is 197 Å². The molecule has 8 heteroatoms. The van der Waals surface area contributed by atoms with Crippen LogP contribution in [0.3, 0.4) is 0 Å². The van der Waals surface area contributed by atoms with Gasteiger partial charge < -0.3 is 14.4 Å². The van der Waals surface area contributed by atoms with Crippen molar-refractivity contribution < 1.29 is 27.9 Å². The van der Waals surface area contributed by atoms with Crippen molar-refractivity contribution in [3.63, 3.8) is 0 Å². The van der Waals surface area contributed by atoms with Gasteiger partial charge in [0.2, 0.25) is 0 Å². The molecule has 0 radical (unpaired) electrons. The Hall–Kier alpha value is -3.26. The highest BCUT2D eigenvalue weighted by atomic mass is 19.3. The van der Waals surface area contributed by atoms with Gasteiger partial charge in [0, 0.05) is 43.8 Å². The van der Waals surface area contributed by atoms with Crippen LogP contribution in [0.5, 0.6) is 5.75 Å². The Bertz CT molecular complexity index is 1170. The van der Waals surface area contributed by atoms with E-state index in [9.17, 15) is 18.7 Å². The van der Waals surface area contributed by atoms with Crippen LogP contribution >= 0.6 is 0 Å². The minimum atomic E-state index is -2.88. The number of alkyl halides is 2. The van der Waals surface area contributed by atoms with Gasteiger partial charge in [0.05, 0.1) is 5.69 Å². The summed E-state index contributed by atoms with van der Waals surface area (Å²) in [5.41, 5.74) is 2.50. The summed E-state index contributed by atoms with van der Waals surface area (Å²) >= 11 is 0. The minimum absolute atomic E-state index is 0.0415. The van der Waals surface area contributed by atoms with E-state index in [1.807, 2.05) is 24.3 Å². The molecule has 0 saturated carbocycles. The van der Waals surface area contributed by atoms with E-state index in [-0.39, 0.29) is 5.56 Å². The second kappa shape index (κ2) is 9.18. The number of aliphatic carboxylic acids is 1. The van der Waals surface area contributed by atoms with Crippen molar-refractivity contribution in [3.05, 3.63) is 70.9 Å². The van der Waals surface area contributed by atoms with Crippen molar-refractivity contribution in [3.8, 4) is 17.1 Å². The fourth-order valence-corrected chi connectivity index (χ4v) is 3.99. The van der Waals surface area contributed by atoms with Gasteiger partial charge in [-0.05, 0) is 49.9 Å². The number of nitrogens with zero attached hydrogens (tertiary/aromatic N) is 2. The van der Waals surface area contributed by atoms with Gasteiger partial charge >= 0.3 is 5.97 Å². The van der Waals surface area contributed by atoms with Crippen molar-refractivity contribution in [1.29, 1.82) is 0 Å². The number of halogens is 2. The molecular weight excluding hydrogens is 442 g/mol. The van der Waals surface area contributed by atoms with Crippen LogP contribution in [0.4, 0.5) is 8.78 Å². The Kier molecular flexibility index (Phi) is 6.45. The Morgan fingerprint density at radius 1 is 1.06 bits per heavy atom. The van der Waals surface area contributed by atoms with Gasteiger partial charge in [-0.2, -0.15) is 0 Å². The monoisotopic (exact) mass is 470 g/mol. The summed E-state index contributed by atoms with van der Waals surface area (Å²) in [7, 11) is 0. The van der Waals surface area contributed by atoms with Crippen LogP contribution in [-0.4, -0.2) is 39.8 Å². The number of ether oxygens (including phenoxy) is 1. The van der Waals surface area contributed by atoms with E-state index < -0.39 is 17.5 Å². The first-order valence-corrected chi connectivity index (χ1v) is 11.2. The lowest BCUT2D eigenvalue weighted by atomic mass is 10.0. The standard InChI is InChI=1S/C26H28F2N2O4/c1-25(2,24(31)32)33-22-9-6-17-10-12-30(13-11-19(17)14-22)16-21-15-23(34-29-21)18-4-7-20(8-5-18)26(3,27)28/h4-9,14-15H,10-13,16H2,1-3H3,(H,31,32). The molecule has 1 aromatic heterocycles. The predicted molar refractivity (Wildman–Crippen MR) is 123 cm³/mol. The number of carboxylic acids is 1. The van der Waals surface area contributed by atoms with Crippen LogP contribution in [0.1, 0.15) is 43.2 Å². The number of hydrogen-bond acceptors (Lipinski definition) is 5. The molecule has 6 nitrogen and oxygen atoms in total. The predicted octanol–water partition coefficient (Wildman–Crippen LogP) is 5.30. The lowest BCUT2D eigenvalue weighted by Crippen LogP contribution is -2.37. The first-order chi connectivity index (χ1) is 16.0. The molecular formula is C26H28F2N2O4. The number of aromatic nitrogens is 1. The Balaban J connectivity index is 1.39. The normalized spacial score (nSPS) is 15.0. The van der Waals surface area contributed by atoms with Gasteiger partial charge in [0.1, 0.15) is 5.75 Å². The maximum atomic E-state index is 13.4. The molecule has 0 fully saturated rings. The summed E-state index contributed by atoms with van der Waals surface area (Å²) in [6, 6.07) is 13.6. The average molecular weight is 471 g/mol. The van der Waals surface area contributed by atoms with Gasteiger partial charge in [-0.1, -0.05) is 35.5 Å². The van der Waals surface area contributed by atoms with E-state index in [1.54, 1.807) is 12.1 Å². The molecule has 0 atom stereocenters. The van der Waals surface area contributed by atoms with E-state index in [0.29, 0.717) is 23.6 Å². The minimum Gasteiger partial charge on any atom is -0.478 e. The zero-order valence-electron chi connectivity index (χ0n) is 19.5. The maximum Gasteiger partial charge on any atom is 0.347 e. The van der Waals surface area contributed by atoms with Gasteiger partial charge in [-0.3, -0.25) is 4.90 Å². The summed E-state index contributed by atoms with van der Waals surface area (Å²) in [6.07, 6.45) is 1.66. The third kappa shape index (κ3) is 5.44. The van der Waals surface area contributed by atoms with Gasteiger partial charge in [-0.25, -0.2) is 13.6 Å². The van der Waals surface area contributed by atoms with Crippen LogP contribution < -0.4 is 4.74 Å². The van der Waals surface area contributed by atoms with E-state index in [2.05, 4.69) is 10.1 Å². The van der Waals surface area contributed by atoms with Crippen LogP contribution in [0, 0.1) is 0 Å². The molecule has 0 spiro atoms. The molecule has 1 N–H and O–H groups in total. The zero-order valence-corrected chi connectivity index (χ0v) is 19.5. The summed E-state index contributed by atoms with van der Waals surface area (Å²) < 4.78 is 38.0. The average Bonchev–Trinajstić information content (AvgIpc) is 3.15. The van der Waals surface area contributed by atoms with Crippen molar-refractivity contribution in [2.45, 2.75) is 51.7 Å². The number of hydrogen-bond donors (Lipinski definition) is 1. The fourth-order valence-electron chi connectivity index (χ4n) is 3.99.